The molecular formula is C18H24N6S. The van der Waals surface area contributed by atoms with Crippen molar-refractivity contribution in [1.82, 2.24) is 25.2 Å². The van der Waals surface area contributed by atoms with Crippen LogP contribution in [0.1, 0.15) is 22.9 Å². The van der Waals surface area contributed by atoms with Gasteiger partial charge in [0.15, 0.2) is 5.96 Å². The summed E-state index contributed by atoms with van der Waals surface area (Å²) in [6.07, 6.45) is 1.90. The molecule has 0 saturated heterocycles. The molecule has 0 atom stereocenters. The molecule has 3 aromatic rings. The molecule has 132 valence electrons. The zero-order chi connectivity index (χ0) is 17.6. The molecule has 0 bridgehead atoms. The zero-order valence-corrected chi connectivity index (χ0v) is 15.7. The summed E-state index contributed by atoms with van der Waals surface area (Å²) < 4.78 is 0. The van der Waals surface area contributed by atoms with Gasteiger partial charge in [-0.15, -0.1) is 11.3 Å². The van der Waals surface area contributed by atoms with Gasteiger partial charge >= 0.3 is 0 Å². The van der Waals surface area contributed by atoms with Gasteiger partial charge in [-0.2, -0.15) is 0 Å². The van der Waals surface area contributed by atoms with Crippen LogP contribution in [0.3, 0.4) is 0 Å². The number of hydrogen-bond acceptors (Lipinski definition) is 4. The first kappa shape index (κ1) is 17.4. The van der Waals surface area contributed by atoms with E-state index < -0.39 is 0 Å². The van der Waals surface area contributed by atoms with Gasteiger partial charge in [-0.1, -0.05) is 12.1 Å². The maximum absolute atomic E-state index is 4.61. The van der Waals surface area contributed by atoms with Crippen molar-refractivity contribution >= 4 is 28.3 Å². The minimum Gasteiger partial charge on any atom is -0.356 e. The van der Waals surface area contributed by atoms with E-state index in [4.69, 9.17) is 0 Å². The summed E-state index contributed by atoms with van der Waals surface area (Å²) in [5.74, 6) is 1.92. The molecule has 0 aliphatic heterocycles. The number of hydrogen-bond donors (Lipinski definition) is 2. The highest BCUT2D eigenvalue weighted by Crippen LogP contribution is 2.11. The topological polar surface area (TPSA) is 69.2 Å². The number of aryl methyl sites for hydroxylation is 2. The van der Waals surface area contributed by atoms with E-state index in [2.05, 4.69) is 41.6 Å². The molecule has 0 amide bonds. The summed E-state index contributed by atoms with van der Waals surface area (Å²) in [7, 11) is 3.84. The zero-order valence-electron chi connectivity index (χ0n) is 14.9. The Kier molecular flexibility index (Phi) is 5.65. The van der Waals surface area contributed by atoms with Crippen molar-refractivity contribution in [2.24, 2.45) is 4.99 Å². The number of thiazole rings is 1. The average molecular weight is 356 g/mol. The summed E-state index contributed by atoms with van der Waals surface area (Å²) in [4.78, 5) is 18.9. The van der Waals surface area contributed by atoms with Crippen LogP contribution >= 0.6 is 11.3 Å². The quantitative estimate of drug-likeness (QED) is 0.405. The van der Waals surface area contributed by atoms with Crippen LogP contribution in [0.15, 0.2) is 34.6 Å². The van der Waals surface area contributed by atoms with Crippen molar-refractivity contribution in [1.29, 1.82) is 0 Å². The van der Waals surface area contributed by atoms with Gasteiger partial charge in [-0.05, 0) is 25.5 Å². The van der Waals surface area contributed by atoms with Crippen LogP contribution in [0.5, 0.6) is 0 Å². The lowest BCUT2D eigenvalue weighted by molar-refractivity contribution is 0.469. The normalized spacial score (nSPS) is 11.9. The van der Waals surface area contributed by atoms with Gasteiger partial charge in [0.2, 0.25) is 0 Å². The number of H-pyrrole nitrogens is 1. The number of nitrogens with zero attached hydrogens (tertiary/aromatic N) is 4. The Balaban J connectivity index is 1.46. The first-order valence-electron chi connectivity index (χ1n) is 8.42. The van der Waals surface area contributed by atoms with Gasteiger partial charge in [0.1, 0.15) is 5.82 Å². The summed E-state index contributed by atoms with van der Waals surface area (Å²) in [5, 5.41) is 6.60. The highest BCUT2D eigenvalue weighted by atomic mass is 32.1. The molecule has 0 aliphatic carbocycles. The number of aromatic amines is 1. The number of aliphatic imine (C=N–C) groups is 1. The second kappa shape index (κ2) is 8.11. The summed E-state index contributed by atoms with van der Waals surface area (Å²) in [6, 6.07) is 8.12. The van der Waals surface area contributed by atoms with Crippen LogP contribution < -0.4 is 5.32 Å². The third-order valence-electron chi connectivity index (χ3n) is 3.95. The van der Waals surface area contributed by atoms with E-state index in [0.717, 1.165) is 59.5 Å². The summed E-state index contributed by atoms with van der Waals surface area (Å²) in [5.41, 5.74) is 3.20. The molecule has 3 rings (SSSR count). The molecule has 25 heavy (non-hydrogen) atoms. The van der Waals surface area contributed by atoms with E-state index in [-0.39, 0.29) is 0 Å². The summed E-state index contributed by atoms with van der Waals surface area (Å²) >= 11 is 1.68. The number of imidazole rings is 1. The van der Waals surface area contributed by atoms with Gasteiger partial charge < -0.3 is 15.2 Å². The maximum Gasteiger partial charge on any atom is 0.193 e. The van der Waals surface area contributed by atoms with E-state index in [9.17, 15) is 0 Å². The predicted octanol–water partition coefficient (Wildman–Crippen LogP) is 2.97. The van der Waals surface area contributed by atoms with E-state index in [1.807, 2.05) is 39.2 Å². The number of benzene rings is 1. The molecular weight excluding hydrogens is 332 g/mol. The number of aromatic nitrogens is 3. The predicted molar refractivity (Wildman–Crippen MR) is 104 cm³/mol. The average Bonchev–Trinajstić information content (AvgIpc) is 3.20. The molecule has 6 nitrogen and oxygen atoms in total. The van der Waals surface area contributed by atoms with Gasteiger partial charge in [0.25, 0.3) is 0 Å². The molecule has 2 N–H and O–H groups in total. The SMILES string of the molecule is CN=C(NCCCc1nc2ccccc2[nH]1)N(C)Cc1csc(C)n1. The molecule has 2 heterocycles. The van der Waals surface area contributed by atoms with Gasteiger partial charge in [-0.25, -0.2) is 9.97 Å². The van der Waals surface area contributed by atoms with Gasteiger partial charge in [0.05, 0.1) is 28.3 Å². The number of para-hydroxylation sites is 2. The highest BCUT2D eigenvalue weighted by Gasteiger charge is 2.08. The Labute approximate surface area is 152 Å². The van der Waals surface area contributed by atoms with Crippen molar-refractivity contribution in [3.63, 3.8) is 0 Å². The van der Waals surface area contributed by atoms with E-state index in [0.29, 0.717) is 0 Å². The minimum atomic E-state index is 0.758. The molecule has 0 fully saturated rings. The Bertz CT molecular complexity index is 817. The molecule has 7 heteroatoms. The molecule has 0 unspecified atom stereocenters. The van der Waals surface area contributed by atoms with E-state index in [1.165, 1.54) is 0 Å². The monoisotopic (exact) mass is 356 g/mol. The largest absolute Gasteiger partial charge is 0.356 e. The van der Waals surface area contributed by atoms with Crippen LogP contribution in [-0.4, -0.2) is 46.5 Å². The molecule has 2 aromatic heterocycles. The Morgan fingerprint density at radius 3 is 2.88 bits per heavy atom. The summed E-state index contributed by atoms with van der Waals surface area (Å²) in [6.45, 7) is 3.64. The third kappa shape index (κ3) is 4.57. The molecule has 0 radical (unpaired) electrons. The van der Waals surface area contributed by atoms with Crippen LogP contribution in [-0.2, 0) is 13.0 Å². The Morgan fingerprint density at radius 2 is 2.16 bits per heavy atom. The molecule has 0 spiro atoms. The lowest BCUT2D eigenvalue weighted by atomic mass is 10.3. The van der Waals surface area contributed by atoms with E-state index >= 15 is 0 Å². The first-order chi connectivity index (χ1) is 12.2. The van der Waals surface area contributed by atoms with Crippen LogP contribution in [0.25, 0.3) is 11.0 Å². The highest BCUT2D eigenvalue weighted by molar-refractivity contribution is 7.09. The van der Waals surface area contributed by atoms with Crippen LogP contribution in [0.4, 0.5) is 0 Å². The lowest BCUT2D eigenvalue weighted by Gasteiger charge is -2.21. The number of guanidine groups is 1. The maximum atomic E-state index is 4.61. The van der Waals surface area contributed by atoms with Crippen LogP contribution in [0, 0.1) is 6.92 Å². The second-order valence-electron chi connectivity index (χ2n) is 5.99. The first-order valence-corrected chi connectivity index (χ1v) is 9.30. The molecule has 0 saturated carbocycles. The second-order valence-corrected chi connectivity index (χ2v) is 7.05. The number of nitrogens with one attached hydrogen (secondary N) is 2. The Morgan fingerprint density at radius 1 is 1.32 bits per heavy atom. The van der Waals surface area contributed by atoms with Gasteiger partial charge in [-0.3, -0.25) is 4.99 Å². The fourth-order valence-electron chi connectivity index (χ4n) is 2.76. The van der Waals surface area contributed by atoms with Crippen molar-refractivity contribution in [2.75, 3.05) is 20.6 Å². The van der Waals surface area contributed by atoms with Crippen molar-refractivity contribution in [2.45, 2.75) is 26.3 Å². The van der Waals surface area contributed by atoms with E-state index in [1.54, 1.807) is 11.3 Å². The fourth-order valence-corrected chi connectivity index (χ4v) is 3.37. The van der Waals surface area contributed by atoms with Crippen molar-refractivity contribution < 1.29 is 0 Å². The number of fused-ring (bicyclic) bond motifs is 1. The Hall–Kier alpha value is -2.41. The lowest BCUT2D eigenvalue weighted by Crippen LogP contribution is -2.39. The molecule has 1 aromatic carbocycles. The van der Waals surface area contributed by atoms with Gasteiger partial charge in [0, 0.05) is 32.4 Å². The number of rotatable bonds is 6. The fraction of sp³-hybridized carbons (Fsp3) is 0.389. The smallest absolute Gasteiger partial charge is 0.193 e. The standard InChI is InChI=1S/C18H24N6S/c1-13-21-14(12-25-13)11-24(3)18(19-2)20-10-6-9-17-22-15-7-4-5-8-16(15)23-17/h4-5,7-8,12H,6,9-11H2,1-3H3,(H,19,20)(H,22,23). The third-order valence-corrected chi connectivity index (χ3v) is 4.77. The minimum absolute atomic E-state index is 0.758. The van der Waals surface area contributed by atoms with Crippen molar-refractivity contribution in [3.05, 3.63) is 46.2 Å². The molecule has 0 aliphatic rings. The van der Waals surface area contributed by atoms with Crippen molar-refractivity contribution in [3.8, 4) is 0 Å². The van der Waals surface area contributed by atoms with Crippen LogP contribution in [0.2, 0.25) is 0 Å².